The normalized spacial score (nSPS) is 11.2. The van der Waals surface area contributed by atoms with Crippen LogP contribution in [0.15, 0.2) is 47.4 Å². The number of halogens is 2. The summed E-state index contributed by atoms with van der Waals surface area (Å²) in [5.41, 5.74) is 0.759. The molecule has 3 N–H and O–H groups in total. The Hall–Kier alpha value is -1.16. The molecule has 0 aliphatic heterocycles. The van der Waals surface area contributed by atoms with Crippen LogP contribution in [0, 0.1) is 3.57 Å². The molecule has 21 heavy (non-hydrogen) atoms. The minimum Gasteiger partial charge on any atom is -0.322 e. The van der Waals surface area contributed by atoms with Crippen LogP contribution < -0.4 is 10.5 Å². The van der Waals surface area contributed by atoms with Crippen LogP contribution in [0.4, 0.5) is 5.69 Å². The average Bonchev–Trinajstić information content (AvgIpc) is 2.40. The number of sulfonamides is 1. The lowest BCUT2D eigenvalue weighted by Gasteiger charge is -2.07. The molecule has 110 valence electrons. The Balaban J connectivity index is 2.30. The van der Waals surface area contributed by atoms with E-state index in [9.17, 15) is 13.2 Å². The second-order valence-corrected chi connectivity index (χ2v) is 7.33. The number of nitrogens with two attached hydrogens (primary N) is 1. The lowest BCUT2D eigenvalue weighted by molar-refractivity contribution is 0.102. The summed E-state index contributed by atoms with van der Waals surface area (Å²) in [7, 11) is -3.98. The molecule has 0 saturated heterocycles. The van der Waals surface area contributed by atoms with Crippen molar-refractivity contribution >= 4 is 55.8 Å². The van der Waals surface area contributed by atoms with E-state index in [4.69, 9.17) is 16.7 Å². The van der Waals surface area contributed by atoms with Gasteiger partial charge in [0.05, 0.1) is 5.02 Å². The fraction of sp³-hybridized carbons (Fsp3) is 0. The summed E-state index contributed by atoms with van der Waals surface area (Å²) in [5, 5.41) is 7.69. The molecule has 2 rings (SSSR count). The summed E-state index contributed by atoms with van der Waals surface area (Å²) in [6.45, 7) is 0. The van der Waals surface area contributed by atoms with Crippen LogP contribution >= 0.6 is 34.2 Å². The Morgan fingerprint density at radius 3 is 2.33 bits per heavy atom. The summed E-state index contributed by atoms with van der Waals surface area (Å²) in [6, 6.07) is 11.1. The number of anilines is 1. The van der Waals surface area contributed by atoms with Gasteiger partial charge in [-0.25, -0.2) is 13.6 Å². The van der Waals surface area contributed by atoms with Gasteiger partial charge in [0.25, 0.3) is 5.91 Å². The fourth-order valence-corrected chi connectivity index (χ4v) is 3.03. The van der Waals surface area contributed by atoms with Gasteiger partial charge in [-0.3, -0.25) is 4.79 Å². The first-order chi connectivity index (χ1) is 9.77. The van der Waals surface area contributed by atoms with Crippen molar-refractivity contribution in [3.8, 4) is 0 Å². The molecule has 0 aliphatic carbocycles. The number of benzene rings is 2. The van der Waals surface area contributed by atoms with Crippen molar-refractivity contribution in [3.05, 3.63) is 56.6 Å². The van der Waals surface area contributed by atoms with Crippen molar-refractivity contribution < 1.29 is 13.2 Å². The van der Waals surface area contributed by atoms with E-state index in [1.807, 2.05) is 12.1 Å². The number of hydrogen-bond acceptors (Lipinski definition) is 3. The highest BCUT2D eigenvalue weighted by Gasteiger charge is 2.16. The number of carbonyl (C=O) groups excluding carboxylic acids is 1. The van der Waals surface area contributed by atoms with E-state index >= 15 is 0 Å². The van der Waals surface area contributed by atoms with Gasteiger partial charge in [0.15, 0.2) is 0 Å². The van der Waals surface area contributed by atoms with Crippen molar-refractivity contribution in [2.45, 2.75) is 4.90 Å². The van der Waals surface area contributed by atoms with Crippen molar-refractivity contribution in [2.75, 3.05) is 5.32 Å². The highest BCUT2D eigenvalue weighted by Crippen LogP contribution is 2.22. The van der Waals surface area contributed by atoms with Gasteiger partial charge in [0, 0.05) is 14.8 Å². The van der Waals surface area contributed by atoms with Gasteiger partial charge < -0.3 is 5.32 Å². The van der Waals surface area contributed by atoms with Crippen LogP contribution in [-0.2, 0) is 10.0 Å². The molecule has 2 aromatic carbocycles. The molecular formula is C13H10ClIN2O3S. The topological polar surface area (TPSA) is 89.3 Å². The van der Waals surface area contributed by atoms with Crippen LogP contribution in [0.25, 0.3) is 0 Å². The van der Waals surface area contributed by atoms with E-state index in [0.717, 1.165) is 9.64 Å². The first-order valence-corrected chi connectivity index (χ1v) is 8.67. The number of carbonyl (C=O) groups is 1. The number of hydrogen-bond donors (Lipinski definition) is 2. The zero-order chi connectivity index (χ0) is 15.6. The van der Waals surface area contributed by atoms with Crippen molar-refractivity contribution in [1.29, 1.82) is 0 Å². The van der Waals surface area contributed by atoms with E-state index in [1.54, 1.807) is 12.1 Å². The second-order valence-electron chi connectivity index (χ2n) is 4.15. The molecule has 2 aromatic rings. The predicted octanol–water partition coefficient (Wildman–Crippen LogP) is 2.84. The van der Waals surface area contributed by atoms with Gasteiger partial charge in [-0.2, -0.15) is 0 Å². The van der Waals surface area contributed by atoms with E-state index < -0.39 is 15.9 Å². The third kappa shape index (κ3) is 4.16. The molecule has 0 fully saturated rings. The van der Waals surface area contributed by atoms with Gasteiger partial charge in [-0.15, -0.1) is 0 Å². The standard InChI is InChI=1S/C13H10ClIN2O3S/c14-11-6-1-8(7-12(11)21(16,19)20)13(18)17-10-4-2-9(15)3-5-10/h1-7H,(H,17,18)(H2,16,19,20). The van der Waals surface area contributed by atoms with Gasteiger partial charge in [0.1, 0.15) is 4.90 Å². The summed E-state index contributed by atoms with van der Waals surface area (Å²) in [5.74, 6) is -0.447. The highest BCUT2D eigenvalue weighted by molar-refractivity contribution is 14.1. The quantitative estimate of drug-likeness (QED) is 0.725. The zero-order valence-corrected chi connectivity index (χ0v) is 14.2. The van der Waals surface area contributed by atoms with Crippen molar-refractivity contribution in [1.82, 2.24) is 0 Å². The molecule has 5 nitrogen and oxygen atoms in total. The zero-order valence-electron chi connectivity index (χ0n) is 10.5. The third-order valence-electron chi connectivity index (χ3n) is 2.60. The Labute approximate surface area is 140 Å². The molecule has 0 spiro atoms. The Kier molecular flexibility index (Phi) is 4.87. The largest absolute Gasteiger partial charge is 0.322 e. The highest BCUT2D eigenvalue weighted by atomic mass is 127. The maximum absolute atomic E-state index is 12.1. The predicted molar refractivity (Wildman–Crippen MR) is 89.9 cm³/mol. The van der Waals surface area contributed by atoms with E-state index in [-0.39, 0.29) is 15.5 Å². The lowest BCUT2D eigenvalue weighted by Crippen LogP contribution is -2.16. The summed E-state index contributed by atoms with van der Waals surface area (Å²) in [4.78, 5) is 11.8. The maximum Gasteiger partial charge on any atom is 0.255 e. The van der Waals surface area contributed by atoms with Crippen LogP contribution in [0.5, 0.6) is 0 Å². The number of primary sulfonamides is 1. The van der Waals surface area contributed by atoms with Crippen LogP contribution in [0.3, 0.4) is 0 Å². The van der Waals surface area contributed by atoms with E-state index in [1.165, 1.54) is 12.1 Å². The maximum atomic E-state index is 12.1. The van der Waals surface area contributed by atoms with Crippen molar-refractivity contribution in [2.24, 2.45) is 5.14 Å². The molecule has 0 unspecified atom stereocenters. The number of nitrogens with one attached hydrogen (secondary N) is 1. The Morgan fingerprint density at radius 2 is 1.76 bits per heavy atom. The SMILES string of the molecule is NS(=O)(=O)c1cc(C(=O)Nc2ccc(I)cc2)ccc1Cl. The van der Waals surface area contributed by atoms with Gasteiger partial charge >= 0.3 is 0 Å². The first kappa shape index (κ1) is 16.2. The molecule has 0 aliphatic rings. The summed E-state index contributed by atoms with van der Waals surface area (Å²) < 4.78 is 23.8. The number of rotatable bonds is 3. The Bertz CT molecular complexity index is 792. The fourth-order valence-electron chi connectivity index (χ4n) is 1.60. The van der Waals surface area contributed by atoms with Crippen LogP contribution in [0.2, 0.25) is 5.02 Å². The minimum absolute atomic E-state index is 0.0247. The second kappa shape index (κ2) is 6.30. The van der Waals surface area contributed by atoms with E-state index in [0.29, 0.717) is 5.69 Å². The lowest BCUT2D eigenvalue weighted by atomic mass is 10.2. The molecule has 0 atom stereocenters. The van der Waals surface area contributed by atoms with Crippen LogP contribution in [0.1, 0.15) is 10.4 Å². The van der Waals surface area contributed by atoms with Gasteiger partial charge in [0.2, 0.25) is 10.0 Å². The van der Waals surface area contributed by atoms with Crippen LogP contribution in [-0.4, -0.2) is 14.3 Å². The molecule has 1 amide bonds. The molecule has 0 saturated carbocycles. The summed E-state index contributed by atoms with van der Waals surface area (Å²) >= 11 is 7.92. The van der Waals surface area contributed by atoms with Gasteiger partial charge in [-0.05, 0) is 65.1 Å². The smallest absolute Gasteiger partial charge is 0.255 e. The molecule has 0 aromatic heterocycles. The molecular weight excluding hydrogens is 427 g/mol. The molecule has 0 radical (unpaired) electrons. The first-order valence-electron chi connectivity index (χ1n) is 5.66. The van der Waals surface area contributed by atoms with E-state index in [2.05, 4.69) is 27.9 Å². The summed E-state index contributed by atoms with van der Waals surface area (Å²) in [6.07, 6.45) is 0. The molecule has 0 heterocycles. The van der Waals surface area contributed by atoms with Gasteiger partial charge in [-0.1, -0.05) is 11.6 Å². The minimum atomic E-state index is -3.98. The number of amides is 1. The van der Waals surface area contributed by atoms with Crippen molar-refractivity contribution in [3.63, 3.8) is 0 Å². The third-order valence-corrected chi connectivity index (χ3v) is 4.71. The monoisotopic (exact) mass is 436 g/mol. The molecule has 0 bridgehead atoms. The Morgan fingerprint density at radius 1 is 1.14 bits per heavy atom. The average molecular weight is 437 g/mol. The molecule has 8 heteroatoms.